The SMILES string of the molecule is O=c1cc(CNc2ccc(Cl)cc2)[nH]c(=O)[nH]1. The highest BCUT2D eigenvalue weighted by atomic mass is 35.5. The average Bonchev–Trinajstić information content (AvgIpc) is 2.27. The number of H-pyrrole nitrogens is 2. The quantitative estimate of drug-likeness (QED) is 0.770. The van der Waals surface area contributed by atoms with E-state index in [2.05, 4.69) is 15.3 Å². The molecule has 0 bridgehead atoms. The van der Waals surface area contributed by atoms with E-state index in [9.17, 15) is 9.59 Å². The zero-order chi connectivity index (χ0) is 12.3. The predicted octanol–water partition coefficient (Wildman–Crippen LogP) is 1.33. The van der Waals surface area contributed by atoms with Crippen LogP contribution in [0.1, 0.15) is 5.69 Å². The highest BCUT2D eigenvalue weighted by molar-refractivity contribution is 6.30. The van der Waals surface area contributed by atoms with Crippen LogP contribution in [0.5, 0.6) is 0 Å². The van der Waals surface area contributed by atoms with Gasteiger partial charge in [0.2, 0.25) is 0 Å². The summed E-state index contributed by atoms with van der Waals surface area (Å²) in [6, 6.07) is 8.47. The molecule has 5 nitrogen and oxygen atoms in total. The van der Waals surface area contributed by atoms with Crippen LogP contribution < -0.4 is 16.6 Å². The lowest BCUT2D eigenvalue weighted by Crippen LogP contribution is -2.23. The Hall–Kier alpha value is -2.01. The maximum absolute atomic E-state index is 11.0. The Bertz CT molecular complexity index is 587. The third-order valence-electron chi connectivity index (χ3n) is 2.14. The maximum atomic E-state index is 11.0. The Morgan fingerprint density at radius 1 is 1.12 bits per heavy atom. The van der Waals surface area contributed by atoms with Gasteiger partial charge in [0.25, 0.3) is 5.56 Å². The third kappa shape index (κ3) is 3.22. The smallest absolute Gasteiger partial charge is 0.325 e. The van der Waals surface area contributed by atoms with Crippen molar-refractivity contribution in [1.29, 1.82) is 0 Å². The van der Waals surface area contributed by atoms with E-state index < -0.39 is 11.2 Å². The molecule has 17 heavy (non-hydrogen) atoms. The molecular weight excluding hydrogens is 242 g/mol. The van der Waals surface area contributed by atoms with E-state index in [1.165, 1.54) is 6.07 Å². The molecule has 0 saturated heterocycles. The maximum Gasteiger partial charge on any atom is 0.325 e. The standard InChI is InChI=1S/C11H10ClN3O2/c12-7-1-3-8(4-2-7)13-6-9-5-10(16)15-11(17)14-9/h1-5,13H,6H2,(H2,14,15,16,17). The Morgan fingerprint density at radius 2 is 1.82 bits per heavy atom. The first kappa shape index (κ1) is 11.5. The molecule has 3 N–H and O–H groups in total. The van der Waals surface area contributed by atoms with E-state index >= 15 is 0 Å². The molecule has 0 unspecified atom stereocenters. The molecule has 6 heteroatoms. The first-order chi connectivity index (χ1) is 8.13. The summed E-state index contributed by atoms with van der Waals surface area (Å²) in [5, 5.41) is 3.71. The summed E-state index contributed by atoms with van der Waals surface area (Å²) in [5.74, 6) is 0. The molecule has 1 aromatic carbocycles. The molecule has 0 aliphatic heterocycles. The lowest BCUT2D eigenvalue weighted by molar-refractivity contribution is 0.942. The number of rotatable bonds is 3. The van der Waals surface area contributed by atoms with Crippen molar-refractivity contribution in [3.8, 4) is 0 Å². The minimum absolute atomic E-state index is 0.362. The fraction of sp³-hybridized carbons (Fsp3) is 0.0909. The summed E-state index contributed by atoms with van der Waals surface area (Å²) in [6.45, 7) is 0.362. The molecule has 0 saturated carbocycles. The van der Waals surface area contributed by atoms with E-state index in [1.54, 1.807) is 12.1 Å². The fourth-order valence-electron chi connectivity index (χ4n) is 1.38. The van der Waals surface area contributed by atoms with Gasteiger partial charge >= 0.3 is 5.69 Å². The van der Waals surface area contributed by atoms with Gasteiger partial charge in [-0.2, -0.15) is 0 Å². The van der Waals surface area contributed by atoms with Crippen molar-refractivity contribution in [3.05, 3.63) is 61.9 Å². The summed E-state index contributed by atoms with van der Waals surface area (Å²) >= 11 is 5.75. The number of benzene rings is 1. The van der Waals surface area contributed by atoms with Crippen LogP contribution in [-0.4, -0.2) is 9.97 Å². The molecule has 0 atom stereocenters. The Labute approximate surface area is 101 Å². The van der Waals surface area contributed by atoms with Crippen molar-refractivity contribution in [2.75, 3.05) is 5.32 Å². The van der Waals surface area contributed by atoms with Crippen molar-refractivity contribution in [1.82, 2.24) is 9.97 Å². The highest BCUT2D eigenvalue weighted by Crippen LogP contribution is 2.13. The van der Waals surface area contributed by atoms with Crippen LogP contribution in [-0.2, 0) is 6.54 Å². The number of halogens is 1. The van der Waals surface area contributed by atoms with Gasteiger partial charge in [-0.05, 0) is 24.3 Å². The van der Waals surface area contributed by atoms with Crippen molar-refractivity contribution >= 4 is 17.3 Å². The molecule has 1 aromatic heterocycles. The molecule has 0 spiro atoms. The van der Waals surface area contributed by atoms with E-state index in [-0.39, 0.29) is 0 Å². The van der Waals surface area contributed by atoms with Crippen LogP contribution in [0.4, 0.5) is 5.69 Å². The van der Waals surface area contributed by atoms with Crippen LogP contribution in [0.15, 0.2) is 39.9 Å². The van der Waals surface area contributed by atoms with Crippen LogP contribution in [0, 0.1) is 0 Å². The molecule has 0 fully saturated rings. The van der Waals surface area contributed by atoms with E-state index in [0.717, 1.165) is 5.69 Å². The molecule has 0 amide bonds. The lowest BCUT2D eigenvalue weighted by atomic mass is 10.3. The summed E-state index contributed by atoms with van der Waals surface area (Å²) in [6.07, 6.45) is 0. The Balaban J connectivity index is 2.09. The summed E-state index contributed by atoms with van der Waals surface area (Å²) in [5.41, 5.74) is 0.455. The minimum atomic E-state index is -0.509. The number of nitrogens with one attached hydrogen (secondary N) is 3. The van der Waals surface area contributed by atoms with E-state index in [0.29, 0.717) is 17.3 Å². The Morgan fingerprint density at radius 3 is 2.47 bits per heavy atom. The lowest BCUT2D eigenvalue weighted by Gasteiger charge is -2.05. The normalized spacial score (nSPS) is 10.2. The average molecular weight is 252 g/mol. The monoisotopic (exact) mass is 251 g/mol. The van der Waals surface area contributed by atoms with Crippen LogP contribution in [0.3, 0.4) is 0 Å². The van der Waals surface area contributed by atoms with Gasteiger partial charge in [-0.1, -0.05) is 11.6 Å². The summed E-state index contributed by atoms with van der Waals surface area (Å²) in [4.78, 5) is 26.7. The van der Waals surface area contributed by atoms with Crippen LogP contribution in [0.25, 0.3) is 0 Å². The van der Waals surface area contributed by atoms with Gasteiger partial charge in [0.1, 0.15) is 0 Å². The number of aromatic amines is 2. The Kier molecular flexibility index (Phi) is 3.30. The summed E-state index contributed by atoms with van der Waals surface area (Å²) < 4.78 is 0. The third-order valence-corrected chi connectivity index (χ3v) is 2.40. The first-order valence-electron chi connectivity index (χ1n) is 4.95. The number of anilines is 1. The van der Waals surface area contributed by atoms with Crippen molar-refractivity contribution in [2.24, 2.45) is 0 Å². The topological polar surface area (TPSA) is 77.8 Å². The molecule has 2 rings (SSSR count). The molecule has 0 aliphatic rings. The van der Waals surface area contributed by atoms with Gasteiger partial charge < -0.3 is 10.3 Å². The molecule has 0 aliphatic carbocycles. The van der Waals surface area contributed by atoms with Gasteiger partial charge in [-0.3, -0.25) is 9.78 Å². The molecule has 2 aromatic rings. The molecule has 88 valence electrons. The molecular formula is C11H10ClN3O2. The minimum Gasteiger partial charge on any atom is -0.379 e. The van der Waals surface area contributed by atoms with Crippen molar-refractivity contribution in [3.63, 3.8) is 0 Å². The largest absolute Gasteiger partial charge is 0.379 e. The molecule has 1 heterocycles. The number of hydrogen-bond acceptors (Lipinski definition) is 3. The van der Waals surface area contributed by atoms with Crippen LogP contribution >= 0.6 is 11.6 Å². The van der Waals surface area contributed by atoms with Gasteiger partial charge in [-0.25, -0.2) is 4.79 Å². The predicted molar refractivity (Wildman–Crippen MR) is 66.5 cm³/mol. The highest BCUT2D eigenvalue weighted by Gasteiger charge is 1.97. The van der Waals surface area contributed by atoms with Crippen LogP contribution in [0.2, 0.25) is 5.02 Å². The van der Waals surface area contributed by atoms with Gasteiger partial charge in [-0.15, -0.1) is 0 Å². The van der Waals surface area contributed by atoms with Gasteiger partial charge in [0.15, 0.2) is 0 Å². The van der Waals surface area contributed by atoms with E-state index in [1.807, 2.05) is 12.1 Å². The summed E-state index contributed by atoms with van der Waals surface area (Å²) in [7, 11) is 0. The van der Waals surface area contributed by atoms with Gasteiger partial charge in [0.05, 0.1) is 6.54 Å². The zero-order valence-electron chi connectivity index (χ0n) is 8.79. The van der Waals surface area contributed by atoms with Crippen molar-refractivity contribution in [2.45, 2.75) is 6.54 Å². The number of hydrogen-bond donors (Lipinski definition) is 3. The first-order valence-corrected chi connectivity index (χ1v) is 5.33. The second kappa shape index (κ2) is 4.88. The van der Waals surface area contributed by atoms with Gasteiger partial charge in [0, 0.05) is 22.5 Å². The van der Waals surface area contributed by atoms with Crippen molar-refractivity contribution < 1.29 is 0 Å². The molecule has 0 radical (unpaired) electrons. The second-order valence-corrected chi connectivity index (χ2v) is 3.91. The van der Waals surface area contributed by atoms with E-state index in [4.69, 9.17) is 11.6 Å². The second-order valence-electron chi connectivity index (χ2n) is 3.47. The fourth-order valence-corrected chi connectivity index (χ4v) is 1.51. The zero-order valence-corrected chi connectivity index (χ0v) is 9.54. The number of aromatic nitrogens is 2.